The van der Waals surface area contributed by atoms with Crippen molar-refractivity contribution in [3.8, 4) is 0 Å². The van der Waals surface area contributed by atoms with Gasteiger partial charge in [0, 0.05) is 25.3 Å². The van der Waals surface area contributed by atoms with Gasteiger partial charge in [0.25, 0.3) is 0 Å². The molecule has 0 aromatic heterocycles. The molecule has 5 nitrogen and oxygen atoms in total. The standard InChI is InChI=1S/C15H21N3O2/c1-11(2)17(3)15(20)10-18-13-7-5-4-6-12(13)8-16-9-14(18)19/h4-7,11,16H,8-10H2,1-3H3. The van der Waals surface area contributed by atoms with Gasteiger partial charge in [-0.05, 0) is 25.5 Å². The quantitative estimate of drug-likeness (QED) is 0.895. The first-order valence-corrected chi connectivity index (χ1v) is 6.85. The summed E-state index contributed by atoms with van der Waals surface area (Å²) in [7, 11) is 1.76. The van der Waals surface area contributed by atoms with E-state index in [1.165, 1.54) is 0 Å². The molecule has 0 fully saturated rings. The topological polar surface area (TPSA) is 52.7 Å². The molecule has 20 heavy (non-hydrogen) atoms. The average Bonchev–Trinajstić information content (AvgIpc) is 2.58. The maximum absolute atomic E-state index is 12.2. The Labute approximate surface area is 119 Å². The number of anilines is 1. The van der Waals surface area contributed by atoms with E-state index in [1.807, 2.05) is 38.1 Å². The molecule has 1 heterocycles. The van der Waals surface area contributed by atoms with E-state index in [0.29, 0.717) is 6.54 Å². The lowest BCUT2D eigenvalue weighted by atomic mass is 10.1. The summed E-state index contributed by atoms with van der Waals surface area (Å²) in [4.78, 5) is 27.7. The third kappa shape index (κ3) is 2.99. The van der Waals surface area contributed by atoms with Crippen molar-refractivity contribution in [1.29, 1.82) is 0 Å². The lowest BCUT2D eigenvalue weighted by molar-refractivity contribution is -0.131. The Kier molecular flexibility index (Phi) is 4.39. The van der Waals surface area contributed by atoms with Gasteiger partial charge in [-0.1, -0.05) is 18.2 Å². The molecule has 0 spiro atoms. The highest BCUT2D eigenvalue weighted by atomic mass is 16.2. The van der Waals surface area contributed by atoms with E-state index >= 15 is 0 Å². The molecule has 1 aromatic rings. The zero-order chi connectivity index (χ0) is 14.7. The molecule has 1 aromatic carbocycles. The normalized spacial score (nSPS) is 15.0. The fourth-order valence-corrected chi connectivity index (χ4v) is 2.17. The zero-order valence-corrected chi connectivity index (χ0v) is 12.2. The highest BCUT2D eigenvalue weighted by Crippen LogP contribution is 2.22. The first kappa shape index (κ1) is 14.5. The van der Waals surface area contributed by atoms with E-state index in [1.54, 1.807) is 16.8 Å². The van der Waals surface area contributed by atoms with Gasteiger partial charge in [-0.15, -0.1) is 0 Å². The fraction of sp³-hybridized carbons (Fsp3) is 0.467. The Balaban J connectivity index is 2.25. The number of likely N-dealkylation sites (N-methyl/N-ethyl adjacent to an activating group) is 1. The number of carbonyl (C=O) groups is 2. The van der Waals surface area contributed by atoms with Gasteiger partial charge in [-0.2, -0.15) is 0 Å². The number of benzene rings is 1. The van der Waals surface area contributed by atoms with Crippen LogP contribution in [0.15, 0.2) is 24.3 Å². The van der Waals surface area contributed by atoms with Gasteiger partial charge in [0.05, 0.1) is 6.54 Å². The van der Waals surface area contributed by atoms with Crippen LogP contribution in [-0.4, -0.2) is 42.9 Å². The third-order valence-electron chi connectivity index (χ3n) is 3.64. The maximum atomic E-state index is 12.2. The van der Waals surface area contributed by atoms with Crippen molar-refractivity contribution in [2.75, 3.05) is 25.0 Å². The Morgan fingerprint density at radius 3 is 2.75 bits per heavy atom. The van der Waals surface area contributed by atoms with Crippen LogP contribution in [0.25, 0.3) is 0 Å². The summed E-state index contributed by atoms with van der Waals surface area (Å²) >= 11 is 0. The Bertz CT molecular complexity index is 514. The third-order valence-corrected chi connectivity index (χ3v) is 3.64. The molecule has 0 saturated heterocycles. The van der Waals surface area contributed by atoms with Gasteiger partial charge in [0.1, 0.15) is 6.54 Å². The van der Waals surface area contributed by atoms with E-state index in [-0.39, 0.29) is 30.9 Å². The first-order chi connectivity index (χ1) is 9.50. The number of nitrogens with one attached hydrogen (secondary N) is 1. The summed E-state index contributed by atoms with van der Waals surface area (Å²) in [5.41, 5.74) is 1.87. The highest BCUT2D eigenvalue weighted by molar-refractivity contribution is 6.00. The van der Waals surface area contributed by atoms with E-state index in [0.717, 1.165) is 11.3 Å². The first-order valence-electron chi connectivity index (χ1n) is 6.85. The number of amides is 2. The van der Waals surface area contributed by atoms with Gasteiger partial charge in [-0.25, -0.2) is 0 Å². The van der Waals surface area contributed by atoms with Crippen LogP contribution in [-0.2, 0) is 16.1 Å². The number of hydrogen-bond donors (Lipinski definition) is 1. The van der Waals surface area contributed by atoms with Gasteiger partial charge in [-0.3, -0.25) is 9.59 Å². The van der Waals surface area contributed by atoms with Crippen LogP contribution in [0, 0.1) is 0 Å². The minimum atomic E-state index is -0.0690. The van der Waals surface area contributed by atoms with Crippen molar-refractivity contribution < 1.29 is 9.59 Å². The highest BCUT2D eigenvalue weighted by Gasteiger charge is 2.25. The second kappa shape index (κ2) is 6.05. The summed E-state index contributed by atoms with van der Waals surface area (Å²) in [6.07, 6.45) is 0. The molecule has 2 amide bonds. The van der Waals surface area contributed by atoms with Crippen LogP contribution in [0.1, 0.15) is 19.4 Å². The van der Waals surface area contributed by atoms with Crippen LogP contribution in [0.3, 0.4) is 0 Å². The van der Waals surface area contributed by atoms with E-state index in [4.69, 9.17) is 0 Å². The van der Waals surface area contributed by atoms with Gasteiger partial charge in [0.15, 0.2) is 0 Å². The van der Waals surface area contributed by atoms with E-state index < -0.39 is 0 Å². The molecule has 1 aliphatic rings. The molecule has 5 heteroatoms. The average molecular weight is 275 g/mol. The molecule has 2 rings (SSSR count). The molecule has 1 N–H and O–H groups in total. The lowest BCUT2D eigenvalue weighted by Gasteiger charge is -2.27. The van der Waals surface area contributed by atoms with Crippen LogP contribution in [0.2, 0.25) is 0 Å². The summed E-state index contributed by atoms with van der Waals surface area (Å²) < 4.78 is 0. The molecular formula is C15H21N3O2. The predicted molar refractivity (Wildman–Crippen MR) is 78.4 cm³/mol. The van der Waals surface area contributed by atoms with E-state index in [9.17, 15) is 9.59 Å². The molecule has 0 unspecified atom stereocenters. The monoisotopic (exact) mass is 275 g/mol. The van der Waals surface area contributed by atoms with Gasteiger partial charge in [0.2, 0.25) is 11.8 Å². The molecule has 0 aliphatic carbocycles. The lowest BCUT2D eigenvalue weighted by Crippen LogP contribution is -2.45. The number of nitrogens with zero attached hydrogens (tertiary/aromatic N) is 2. The van der Waals surface area contributed by atoms with Crippen molar-refractivity contribution in [1.82, 2.24) is 10.2 Å². The molecule has 0 saturated carbocycles. The van der Waals surface area contributed by atoms with Crippen molar-refractivity contribution in [3.05, 3.63) is 29.8 Å². The predicted octanol–water partition coefficient (Wildman–Crippen LogP) is 0.990. The van der Waals surface area contributed by atoms with Crippen molar-refractivity contribution in [3.63, 3.8) is 0 Å². The smallest absolute Gasteiger partial charge is 0.242 e. The van der Waals surface area contributed by atoms with Crippen LogP contribution in [0.4, 0.5) is 5.69 Å². The number of carbonyl (C=O) groups excluding carboxylic acids is 2. The van der Waals surface area contributed by atoms with Crippen molar-refractivity contribution >= 4 is 17.5 Å². The summed E-state index contributed by atoms with van der Waals surface area (Å²) in [5, 5.41) is 3.09. The summed E-state index contributed by atoms with van der Waals surface area (Å²) in [6, 6.07) is 7.82. The number of rotatable bonds is 3. The largest absolute Gasteiger partial charge is 0.342 e. The van der Waals surface area contributed by atoms with E-state index in [2.05, 4.69) is 5.32 Å². The van der Waals surface area contributed by atoms with Crippen LogP contribution in [0.5, 0.6) is 0 Å². The Hall–Kier alpha value is -1.88. The number of fused-ring (bicyclic) bond motifs is 1. The fourth-order valence-electron chi connectivity index (χ4n) is 2.17. The van der Waals surface area contributed by atoms with Crippen molar-refractivity contribution in [2.45, 2.75) is 26.4 Å². The maximum Gasteiger partial charge on any atom is 0.242 e. The zero-order valence-electron chi connectivity index (χ0n) is 12.2. The molecule has 0 atom stereocenters. The Morgan fingerprint density at radius 2 is 2.05 bits per heavy atom. The molecule has 1 aliphatic heterocycles. The molecular weight excluding hydrogens is 254 g/mol. The summed E-state index contributed by atoms with van der Waals surface area (Å²) in [6.45, 7) is 4.90. The second-order valence-electron chi connectivity index (χ2n) is 5.31. The number of hydrogen-bond acceptors (Lipinski definition) is 3. The molecule has 108 valence electrons. The van der Waals surface area contributed by atoms with Crippen molar-refractivity contribution in [2.24, 2.45) is 0 Å². The Morgan fingerprint density at radius 1 is 1.35 bits per heavy atom. The van der Waals surface area contributed by atoms with Crippen LogP contribution >= 0.6 is 0 Å². The van der Waals surface area contributed by atoms with Crippen LogP contribution < -0.4 is 10.2 Å². The molecule has 0 bridgehead atoms. The second-order valence-corrected chi connectivity index (χ2v) is 5.31. The SMILES string of the molecule is CC(C)N(C)C(=O)CN1C(=O)CNCc2ccccc21. The van der Waals surface area contributed by atoms with Gasteiger partial charge >= 0.3 is 0 Å². The number of para-hydroxylation sites is 1. The minimum absolute atomic E-state index is 0.0509. The van der Waals surface area contributed by atoms with Gasteiger partial charge < -0.3 is 15.1 Å². The summed E-state index contributed by atoms with van der Waals surface area (Å²) in [5.74, 6) is -0.120. The minimum Gasteiger partial charge on any atom is -0.342 e. The molecule has 0 radical (unpaired) electrons.